The summed E-state index contributed by atoms with van der Waals surface area (Å²) in [5, 5.41) is 25.1. The summed E-state index contributed by atoms with van der Waals surface area (Å²) in [6.07, 6.45) is 3.25. The van der Waals surface area contributed by atoms with Crippen LogP contribution in [0.1, 0.15) is 17.3 Å². The summed E-state index contributed by atoms with van der Waals surface area (Å²) in [4.78, 5) is 11.8. The minimum atomic E-state index is -0.374. The molecule has 2 aromatic rings. The van der Waals surface area contributed by atoms with Gasteiger partial charge in [0.05, 0.1) is 11.9 Å². The molecule has 0 saturated heterocycles. The van der Waals surface area contributed by atoms with Gasteiger partial charge in [0.1, 0.15) is 0 Å². The molecule has 0 bridgehead atoms. The summed E-state index contributed by atoms with van der Waals surface area (Å²) in [5.41, 5.74) is 0.837. The van der Waals surface area contributed by atoms with Gasteiger partial charge in [0.15, 0.2) is 11.5 Å². The summed E-state index contributed by atoms with van der Waals surface area (Å²) in [6, 6.07) is 3.89. The van der Waals surface area contributed by atoms with Gasteiger partial charge in [-0.1, -0.05) is 0 Å². The van der Waals surface area contributed by atoms with Crippen molar-refractivity contribution in [1.29, 1.82) is 0 Å². The van der Waals surface area contributed by atoms with E-state index in [1.165, 1.54) is 18.2 Å². The van der Waals surface area contributed by atoms with E-state index in [-0.39, 0.29) is 23.0 Å². The number of hydrogen-bond acceptors (Lipinski definition) is 4. The quantitative estimate of drug-likeness (QED) is 0.718. The number of hydrogen-bond donors (Lipinski definition) is 3. The van der Waals surface area contributed by atoms with Crippen molar-refractivity contribution in [2.24, 2.45) is 0 Å². The Balaban J connectivity index is 2.14. The Morgan fingerprint density at radius 1 is 1.39 bits per heavy atom. The van der Waals surface area contributed by atoms with Crippen LogP contribution < -0.4 is 5.32 Å². The zero-order valence-corrected chi connectivity index (χ0v) is 9.79. The predicted molar refractivity (Wildman–Crippen MR) is 65.6 cm³/mol. The second kappa shape index (κ2) is 4.79. The summed E-state index contributed by atoms with van der Waals surface area (Å²) >= 11 is 0. The van der Waals surface area contributed by atoms with E-state index in [2.05, 4.69) is 10.4 Å². The SMILES string of the molecule is CCn1cc(NC(=O)c2ccc(O)c(O)c2)cn1. The number of carbonyl (C=O) groups is 1. The van der Waals surface area contributed by atoms with Gasteiger partial charge in [0.25, 0.3) is 5.91 Å². The lowest BCUT2D eigenvalue weighted by atomic mass is 10.2. The van der Waals surface area contributed by atoms with Crippen LogP contribution in [0.15, 0.2) is 30.6 Å². The topological polar surface area (TPSA) is 87.4 Å². The lowest BCUT2D eigenvalue weighted by Gasteiger charge is -2.03. The Morgan fingerprint density at radius 2 is 2.17 bits per heavy atom. The number of phenolic OH excluding ortho intramolecular Hbond substituents is 2. The molecule has 0 aliphatic heterocycles. The molecule has 1 heterocycles. The molecule has 0 fully saturated rings. The van der Waals surface area contributed by atoms with Gasteiger partial charge in [-0.25, -0.2) is 0 Å². The van der Waals surface area contributed by atoms with Gasteiger partial charge in [0.2, 0.25) is 0 Å². The number of aromatic nitrogens is 2. The molecule has 0 spiro atoms. The van der Waals surface area contributed by atoms with Gasteiger partial charge in [-0.3, -0.25) is 9.48 Å². The van der Waals surface area contributed by atoms with Crippen LogP contribution in [0, 0.1) is 0 Å². The molecule has 1 aromatic carbocycles. The van der Waals surface area contributed by atoms with Crippen molar-refractivity contribution in [1.82, 2.24) is 9.78 Å². The molecule has 0 atom stereocenters. The van der Waals surface area contributed by atoms with E-state index in [1.54, 1.807) is 17.1 Å². The molecule has 1 amide bonds. The van der Waals surface area contributed by atoms with Gasteiger partial charge in [-0.15, -0.1) is 0 Å². The van der Waals surface area contributed by atoms with Crippen LogP contribution >= 0.6 is 0 Å². The third-order valence-corrected chi connectivity index (χ3v) is 2.45. The zero-order valence-electron chi connectivity index (χ0n) is 9.79. The van der Waals surface area contributed by atoms with Gasteiger partial charge in [-0.05, 0) is 25.1 Å². The average molecular weight is 247 g/mol. The maximum atomic E-state index is 11.8. The van der Waals surface area contributed by atoms with Crippen LogP contribution in [-0.4, -0.2) is 25.9 Å². The number of nitrogens with one attached hydrogen (secondary N) is 1. The fourth-order valence-corrected chi connectivity index (χ4v) is 1.47. The van der Waals surface area contributed by atoms with Crippen molar-refractivity contribution in [2.75, 3.05) is 5.32 Å². The first-order valence-electron chi connectivity index (χ1n) is 5.46. The van der Waals surface area contributed by atoms with Crippen molar-refractivity contribution in [2.45, 2.75) is 13.5 Å². The maximum Gasteiger partial charge on any atom is 0.255 e. The molecule has 3 N–H and O–H groups in total. The van der Waals surface area contributed by atoms with E-state index in [9.17, 15) is 9.90 Å². The monoisotopic (exact) mass is 247 g/mol. The molecule has 94 valence electrons. The van der Waals surface area contributed by atoms with E-state index in [1.807, 2.05) is 6.92 Å². The molecule has 0 aliphatic rings. The highest BCUT2D eigenvalue weighted by Crippen LogP contribution is 2.25. The highest BCUT2D eigenvalue weighted by Gasteiger charge is 2.09. The van der Waals surface area contributed by atoms with Crippen LogP contribution in [0.2, 0.25) is 0 Å². The molecule has 0 saturated carbocycles. The third-order valence-electron chi connectivity index (χ3n) is 2.45. The standard InChI is InChI=1S/C12H13N3O3/c1-2-15-7-9(6-13-15)14-12(18)8-3-4-10(16)11(17)5-8/h3-7,16-17H,2H2,1H3,(H,14,18). The van der Waals surface area contributed by atoms with Gasteiger partial charge in [0, 0.05) is 18.3 Å². The lowest BCUT2D eigenvalue weighted by molar-refractivity contribution is 0.102. The molecule has 1 aromatic heterocycles. The molecule has 0 radical (unpaired) electrons. The van der Waals surface area contributed by atoms with E-state index in [4.69, 9.17) is 5.11 Å². The number of anilines is 1. The smallest absolute Gasteiger partial charge is 0.255 e. The first kappa shape index (κ1) is 12.0. The average Bonchev–Trinajstić information content (AvgIpc) is 2.80. The number of phenols is 2. The number of amides is 1. The summed E-state index contributed by atoms with van der Waals surface area (Å²) in [6.45, 7) is 2.66. The lowest BCUT2D eigenvalue weighted by Crippen LogP contribution is -2.11. The molecule has 6 nitrogen and oxygen atoms in total. The summed E-state index contributed by atoms with van der Waals surface area (Å²) in [5.74, 6) is -0.960. The first-order chi connectivity index (χ1) is 8.60. The van der Waals surface area contributed by atoms with Crippen molar-refractivity contribution < 1.29 is 15.0 Å². The highest BCUT2D eigenvalue weighted by atomic mass is 16.3. The number of aryl methyl sites for hydroxylation is 1. The van der Waals surface area contributed by atoms with Crippen molar-refractivity contribution >= 4 is 11.6 Å². The van der Waals surface area contributed by atoms with E-state index in [0.29, 0.717) is 5.69 Å². The molecule has 0 unspecified atom stereocenters. The van der Waals surface area contributed by atoms with E-state index < -0.39 is 0 Å². The van der Waals surface area contributed by atoms with Crippen molar-refractivity contribution in [3.8, 4) is 11.5 Å². The van der Waals surface area contributed by atoms with Gasteiger partial charge >= 0.3 is 0 Å². The second-order valence-electron chi connectivity index (χ2n) is 3.74. The largest absolute Gasteiger partial charge is 0.504 e. The zero-order chi connectivity index (χ0) is 13.1. The minimum Gasteiger partial charge on any atom is -0.504 e. The summed E-state index contributed by atoms with van der Waals surface area (Å²) < 4.78 is 1.68. The van der Waals surface area contributed by atoms with E-state index >= 15 is 0 Å². The first-order valence-corrected chi connectivity index (χ1v) is 5.46. The number of carbonyl (C=O) groups excluding carboxylic acids is 1. The third kappa shape index (κ3) is 2.42. The number of rotatable bonds is 3. The van der Waals surface area contributed by atoms with Crippen LogP contribution in [0.3, 0.4) is 0 Å². The highest BCUT2D eigenvalue weighted by molar-refractivity contribution is 6.04. The van der Waals surface area contributed by atoms with Gasteiger partial charge in [-0.2, -0.15) is 5.10 Å². The van der Waals surface area contributed by atoms with Crippen LogP contribution in [0.4, 0.5) is 5.69 Å². The molecular formula is C12H13N3O3. The molecule has 6 heteroatoms. The maximum absolute atomic E-state index is 11.8. The Labute approximate surface area is 103 Å². The Morgan fingerprint density at radius 3 is 2.78 bits per heavy atom. The molecule has 2 rings (SSSR count). The Hall–Kier alpha value is -2.50. The normalized spacial score (nSPS) is 10.3. The Bertz CT molecular complexity index is 578. The molecular weight excluding hydrogens is 234 g/mol. The predicted octanol–water partition coefficient (Wildman–Crippen LogP) is 1.57. The summed E-state index contributed by atoms with van der Waals surface area (Å²) in [7, 11) is 0. The molecule has 0 aliphatic carbocycles. The number of benzene rings is 1. The second-order valence-corrected chi connectivity index (χ2v) is 3.74. The van der Waals surface area contributed by atoms with Crippen LogP contribution in [0.5, 0.6) is 11.5 Å². The van der Waals surface area contributed by atoms with Crippen LogP contribution in [0.25, 0.3) is 0 Å². The Kier molecular flexibility index (Phi) is 3.18. The van der Waals surface area contributed by atoms with E-state index in [0.717, 1.165) is 6.54 Å². The fourth-order valence-electron chi connectivity index (χ4n) is 1.47. The van der Waals surface area contributed by atoms with Crippen LogP contribution in [-0.2, 0) is 6.54 Å². The number of nitrogens with zero attached hydrogens (tertiary/aromatic N) is 2. The van der Waals surface area contributed by atoms with Gasteiger partial charge < -0.3 is 15.5 Å². The fraction of sp³-hybridized carbons (Fsp3) is 0.167. The minimum absolute atomic E-state index is 0.259. The number of aromatic hydroxyl groups is 2. The van der Waals surface area contributed by atoms with Crippen molar-refractivity contribution in [3.63, 3.8) is 0 Å². The molecule has 18 heavy (non-hydrogen) atoms. The van der Waals surface area contributed by atoms with Crippen molar-refractivity contribution in [3.05, 3.63) is 36.2 Å².